The van der Waals surface area contributed by atoms with E-state index in [0.29, 0.717) is 6.42 Å². The van der Waals surface area contributed by atoms with Crippen molar-refractivity contribution in [2.75, 3.05) is 27.2 Å². The largest absolute Gasteiger partial charge is 0.469 e. The van der Waals surface area contributed by atoms with Gasteiger partial charge in [0.1, 0.15) is 12.2 Å². The lowest BCUT2D eigenvalue weighted by atomic mass is 10.2. The summed E-state index contributed by atoms with van der Waals surface area (Å²) in [6.45, 7) is 4.36. The molecular formula is C14H26N6O2. The Bertz CT molecular complexity index is 472. The lowest BCUT2D eigenvalue weighted by Crippen LogP contribution is -2.39. The molecule has 1 aromatic heterocycles. The van der Waals surface area contributed by atoms with E-state index in [2.05, 4.69) is 37.5 Å². The number of methoxy groups -OCH3 is 1. The van der Waals surface area contributed by atoms with E-state index in [1.54, 1.807) is 13.4 Å². The van der Waals surface area contributed by atoms with E-state index < -0.39 is 0 Å². The summed E-state index contributed by atoms with van der Waals surface area (Å²) in [4.78, 5) is 15.1. The summed E-state index contributed by atoms with van der Waals surface area (Å²) >= 11 is 0. The van der Waals surface area contributed by atoms with Gasteiger partial charge in [0.15, 0.2) is 5.96 Å². The Balaban J connectivity index is 2.16. The van der Waals surface area contributed by atoms with Gasteiger partial charge in [-0.1, -0.05) is 6.92 Å². The first-order valence-electron chi connectivity index (χ1n) is 7.59. The Hall–Kier alpha value is -2.12. The topological polar surface area (TPSA) is 93.4 Å². The first-order valence-corrected chi connectivity index (χ1v) is 7.59. The van der Waals surface area contributed by atoms with Crippen molar-refractivity contribution in [1.82, 2.24) is 25.4 Å². The van der Waals surface area contributed by atoms with E-state index >= 15 is 0 Å². The summed E-state index contributed by atoms with van der Waals surface area (Å²) in [7, 11) is 3.14. The smallest absolute Gasteiger partial charge is 0.305 e. The van der Waals surface area contributed by atoms with Gasteiger partial charge >= 0.3 is 5.97 Å². The number of nitrogens with zero attached hydrogens (tertiary/aromatic N) is 4. The van der Waals surface area contributed by atoms with Gasteiger partial charge in [0.05, 0.1) is 7.11 Å². The number of carbonyl (C=O) groups is 1. The number of carbonyl (C=O) groups excluding carboxylic acids is 1. The van der Waals surface area contributed by atoms with E-state index in [1.807, 2.05) is 4.57 Å². The fraction of sp³-hybridized carbons (Fsp3) is 0.714. The fourth-order valence-electron chi connectivity index (χ4n) is 1.96. The third-order valence-electron chi connectivity index (χ3n) is 3.21. The summed E-state index contributed by atoms with van der Waals surface area (Å²) < 4.78 is 6.62. The quantitative estimate of drug-likeness (QED) is 0.296. The Morgan fingerprint density at radius 3 is 2.82 bits per heavy atom. The molecule has 0 saturated carbocycles. The molecule has 0 aliphatic carbocycles. The number of esters is 1. The molecule has 0 bridgehead atoms. The van der Waals surface area contributed by atoms with Crippen LogP contribution >= 0.6 is 0 Å². The minimum absolute atomic E-state index is 0.164. The molecule has 0 saturated heterocycles. The van der Waals surface area contributed by atoms with Crippen LogP contribution in [0.3, 0.4) is 0 Å². The van der Waals surface area contributed by atoms with Crippen molar-refractivity contribution in [3.8, 4) is 0 Å². The van der Waals surface area contributed by atoms with E-state index in [-0.39, 0.29) is 5.97 Å². The molecule has 22 heavy (non-hydrogen) atoms. The summed E-state index contributed by atoms with van der Waals surface area (Å²) in [5.41, 5.74) is 0. The molecule has 0 amide bonds. The van der Waals surface area contributed by atoms with Crippen molar-refractivity contribution < 1.29 is 9.53 Å². The number of aliphatic imine (C=N–C) groups is 1. The molecule has 1 heterocycles. The standard InChI is InChI=1S/C14H26N6O2/c1-4-12-19-18-11-20(12)10-9-17-14(15-2)16-8-6-5-7-13(21)22-3/h11H,4-10H2,1-3H3,(H2,15,16,17). The minimum atomic E-state index is -0.164. The van der Waals surface area contributed by atoms with Crippen LogP contribution in [-0.2, 0) is 22.5 Å². The van der Waals surface area contributed by atoms with Gasteiger partial charge in [0.25, 0.3) is 0 Å². The molecule has 2 N–H and O–H groups in total. The first-order chi connectivity index (χ1) is 10.7. The van der Waals surface area contributed by atoms with Crippen LogP contribution in [0.2, 0.25) is 0 Å². The third-order valence-corrected chi connectivity index (χ3v) is 3.21. The Morgan fingerprint density at radius 2 is 2.14 bits per heavy atom. The number of aromatic nitrogens is 3. The van der Waals surface area contributed by atoms with Crippen LogP contribution in [-0.4, -0.2) is 53.9 Å². The van der Waals surface area contributed by atoms with Gasteiger partial charge in [-0.3, -0.25) is 9.79 Å². The fourth-order valence-corrected chi connectivity index (χ4v) is 1.96. The third kappa shape index (κ3) is 6.55. The predicted octanol–water partition coefficient (Wildman–Crippen LogP) is 0.349. The molecule has 0 aliphatic heterocycles. The Labute approximate surface area is 131 Å². The lowest BCUT2D eigenvalue weighted by molar-refractivity contribution is -0.140. The van der Waals surface area contributed by atoms with E-state index in [1.165, 1.54) is 7.11 Å². The number of unbranched alkanes of at least 4 members (excludes halogenated alkanes) is 1. The molecule has 0 atom stereocenters. The van der Waals surface area contributed by atoms with Gasteiger partial charge in [-0.05, 0) is 12.8 Å². The number of nitrogens with one attached hydrogen (secondary N) is 2. The van der Waals surface area contributed by atoms with E-state index in [9.17, 15) is 4.79 Å². The highest BCUT2D eigenvalue weighted by atomic mass is 16.5. The summed E-state index contributed by atoms with van der Waals surface area (Å²) in [5.74, 6) is 1.57. The van der Waals surface area contributed by atoms with Crippen LogP contribution in [0.15, 0.2) is 11.3 Å². The van der Waals surface area contributed by atoms with Crippen LogP contribution in [0.4, 0.5) is 0 Å². The van der Waals surface area contributed by atoms with Crippen LogP contribution in [0.1, 0.15) is 32.0 Å². The Morgan fingerprint density at radius 1 is 1.36 bits per heavy atom. The Kier molecular flexibility index (Phi) is 8.63. The molecule has 8 heteroatoms. The van der Waals surface area contributed by atoms with E-state index in [0.717, 1.165) is 50.7 Å². The zero-order valence-electron chi connectivity index (χ0n) is 13.6. The van der Waals surface area contributed by atoms with E-state index in [4.69, 9.17) is 0 Å². The van der Waals surface area contributed by atoms with Crippen molar-refractivity contribution in [2.24, 2.45) is 4.99 Å². The number of aryl methyl sites for hydroxylation is 1. The normalized spacial score (nSPS) is 11.3. The monoisotopic (exact) mass is 310 g/mol. The molecule has 1 aromatic rings. The molecule has 0 aromatic carbocycles. The zero-order chi connectivity index (χ0) is 16.2. The molecule has 0 unspecified atom stereocenters. The number of guanidine groups is 1. The average molecular weight is 310 g/mol. The summed E-state index contributed by atoms with van der Waals surface area (Å²) in [5, 5.41) is 14.4. The van der Waals surface area contributed by atoms with Crippen LogP contribution < -0.4 is 10.6 Å². The van der Waals surface area contributed by atoms with Crippen molar-refractivity contribution in [2.45, 2.75) is 39.2 Å². The summed E-state index contributed by atoms with van der Waals surface area (Å²) in [6, 6.07) is 0. The molecule has 0 radical (unpaired) electrons. The zero-order valence-corrected chi connectivity index (χ0v) is 13.6. The van der Waals surface area contributed by atoms with Crippen molar-refractivity contribution in [3.05, 3.63) is 12.2 Å². The molecule has 8 nitrogen and oxygen atoms in total. The first kappa shape index (κ1) is 17.9. The van der Waals surface area contributed by atoms with Crippen LogP contribution in [0.25, 0.3) is 0 Å². The molecule has 1 rings (SSSR count). The summed E-state index contributed by atoms with van der Waals surface area (Å²) in [6.07, 6.45) is 4.76. The number of rotatable bonds is 9. The minimum Gasteiger partial charge on any atom is -0.469 e. The molecular weight excluding hydrogens is 284 g/mol. The second-order valence-electron chi connectivity index (χ2n) is 4.75. The highest BCUT2D eigenvalue weighted by Gasteiger charge is 2.03. The van der Waals surface area contributed by atoms with Gasteiger partial charge in [-0.25, -0.2) is 0 Å². The predicted molar refractivity (Wildman–Crippen MR) is 84.6 cm³/mol. The molecule has 124 valence electrons. The SMILES string of the molecule is CCc1nncn1CCNC(=NC)NCCCCC(=O)OC. The molecule has 0 aliphatic rings. The van der Waals surface area contributed by atoms with Gasteiger partial charge in [0, 0.05) is 39.5 Å². The molecule has 0 spiro atoms. The van der Waals surface area contributed by atoms with Crippen LogP contribution in [0.5, 0.6) is 0 Å². The average Bonchev–Trinajstić information content (AvgIpc) is 2.99. The van der Waals surface area contributed by atoms with Gasteiger partial charge in [0.2, 0.25) is 0 Å². The second-order valence-corrected chi connectivity index (χ2v) is 4.75. The maximum absolute atomic E-state index is 11.0. The van der Waals surface area contributed by atoms with Gasteiger partial charge < -0.3 is 19.9 Å². The molecule has 0 fully saturated rings. The highest BCUT2D eigenvalue weighted by Crippen LogP contribution is 1.96. The maximum Gasteiger partial charge on any atom is 0.305 e. The number of ether oxygens (including phenoxy) is 1. The van der Waals surface area contributed by atoms with Crippen molar-refractivity contribution >= 4 is 11.9 Å². The van der Waals surface area contributed by atoms with Crippen LogP contribution in [0, 0.1) is 0 Å². The maximum atomic E-state index is 11.0. The number of hydrogen-bond donors (Lipinski definition) is 2. The second kappa shape index (κ2) is 10.6. The van der Waals surface area contributed by atoms with Crippen molar-refractivity contribution in [1.29, 1.82) is 0 Å². The lowest BCUT2D eigenvalue weighted by Gasteiger charge is -2.12. The van der Waals surface area contributed by atoms with Crippen molar-refractivity contribution in [3.63, 3.8) is 0 Å². The number of hydrogen-bond acceptors (Lipinski definition) is 5. The van der Waals surface area contributed by atoms with Gasteiger partial charge in [-0.15, -0.1) is 10.2 Å². The van der Waals surface area contributed by atoms with Gasteiger partial charge in [-0.2, -0.15) is 0 Å². The highest BCUT2D eigenvalue weighted by molar-refractivity contribution is 5.79.